The molecule has 0 amide bonds. The van der Waals surface area contributed by atoms with E-state index in [0.29, 0.717) is 19.8 Å². The molecule has 0 aromatic heterocycles. The lowest BCUT2D eigenvalue weighted by molar-refractivity contribution is 0.0887. The first-order valence-corrected chi connectivity index (χ1v) is 8.64. The van der Waals surface area contributed by atoms with Gasteiger partial charge in [-0.1, -0.05) is 70.2 Å². The standard InChI is InChI=1S/C15H15BrO2.2C2H6/c16-14-8-4-5-9-15(14)18-11-10-17-12-13-6-2-1-3-7-13;2*1-2/h1-9H,10-12H2;2*1-2H3. The van der Waals surface area contributed by atoms with Gasteiger partial charge in [0.25, 0.3) is 0 Å². The molecule has 2 rings (SSSR count). The van der Waals surface area contributed by atoms with Crippen molar-refractivity contribution in [3.8, 4) is 5.75 Å². The van der Waals surface area contributed by atoms with Gasteiger partial charge in [0.05, 0.1) is 17.7 Å². The van der Waals surface area contributed by atoms with Crippen LogP contribution >= 0.6 is 15.9 Å². The van der Waals surface area contributed by atoms with E-state index in [2.05, 4.69) is 28.1 Å². The van der Waals surface area contributed by atoms with Crippen molar-refractivity contribution in [3.63, 3.8) is 0 Å². The summed E-state index contributed by atoms with van der Waals surface area (Å²) in [5.74, 6) is 0.848. The molecular formula is C19H27BrO2. The smallest absolute Gasteiger partial charge is 0.133 e. The van der Waals surface area contributed by atoms with Gasteiger partial charge in [0, 0.05) is 0 Å². The zero-order valence-corrected chi connectivity index (χ0v) is 15.6. The largest absolute Gasteiger partial charge is 0.490 e. The van der Waals surface area contributed by atoms with Crippen molar-refractivity contribution >= 4 is 15.9 Å². The van der Waals surface area contributed by atoms with Crippen LogP contribution in [0.5, 0.6) is 5.75 Å². The third-order valence-corrected chi connectivity index (χ3v) is 3.09. The number of hydrogen-bond donors (Lipinski definition) is 0. The number of rotatable bonds is 6. The third kappa shape index (κ3) is 8.85. The molecule has 0 fully saturated rings. The number of ether oxygens (including phenoxy) is 2. The lowest BCUT2D eigenvalue weighted by Gasteiger charge is -2.08. The van der Waals surface area contributed by atoms with Gasteiger partial charge in [0.15, 0.2) is 0 Å². The topological polar surface area (TPSA) is 18.5 Å². The Kier molecular flexibility index (Phi) is 13.7. The molecule has 2 aromatic rings. The fourth-order valence-corrected chi connectivity index (χ4v) is 1.94. The first-order chi connectivity index (χ1) is 10.9. The Morgan fingerprint density at radius 1 is 0.773 bits per heavy atom. The zero-order chi connectivity index (χ0) is 16.6. The van der Waals surface area contributed by atoms with E-state index in [1.165, 1.54) is 5.56 Å². The van der Waals surface area contributed by atoms with E-state index >= 15 is 0 Å². The van der Waals surface area contributed by atoms with Crippen molar-refractivity contribution in [2.75, 3.05) is 13.2 Å². The molecule has 2 nitrogen and oxygen atoms in total. The van der Waals surface area contributed by atoms with Crippen LogP contribution in [0, 0.1) is 0 Å². The summed E-state index contributed by atoms with van der Waals surface area (Å²) in [4.78, 5) is 0. The molecule has 0 bridgehead atoms. The highest BCUT2D eigenvalue weighted by Crippen LogP contribution is 2.23. The molecule has 22 heavy (non-hydrogen) atoms. The highest BCUT2D eigenvalue weighted by atomic mass is 79.9. The highest BCUT2D eigenvalue weighted by molar-refractivity contribution is 9.10. The van der Waals surface area contributed by atoms with E-state index in [9.17, 15) is 0 Å². The lowest BCUT2D eigenvalue weighted by Crippen LogP contribution is -2.06. The summed E-state index contributed by atoms with van der Waals surface area (Å²) >= 11 is 3.44. The van der Waals surface area contributed by atoms with E-state index in [-0.39, 0.29) is 0 Å². The summed E-state index contributed by atoms with van der Waals surface area (Å²) in [6.45, 7) is 9.76. The number of benzene rings is 2. The van der Waals surface area contributed by atoms with Crippen LogP contribution < -0.4 is 4.74 Å². The second kappa shape index (κ2) is 14.6. The number of halogens is 1. The quantitative estimate of drug-likeness (QED) is 0.575. The molecule has 0 saturated carbocycles. The van der Waals surface area contributed by atoms with E-state index in [0.717, 1.165) is 10.2 Å². The Labute approximate surface area is 143 Å². The maximum Gasteiger partial charge on any atom is 0.133 e. The third-order valence-electron chi connectivity index (χ3n) is 2.43. The minimum Gasteiger partial charge on any atom is -0.490 e. The molecular weight excluding hydrogens is 340 g/mol. The molecule has 0 N–H and O–H groups in total. The fraction of sp³-hybridized carbons (Fsp3) is 0.368. The molecule has 0 atom stereocenters. The second-order valence-corrected chi connectivity index (χ2v) is 4.67. The molecule has 0 spiro atoms. The SMILES string of the molecule is Brc1ccccc1OCCOCc1ccccc1.CC.CC. The van der Waals surface area contributed by atoms with Crippen molar-refractivity contribution in [2.24, 2.45) is 0 Å². The summed E-state index contributed by atoms with van der Waals surface area (Å²) in [6, 6.07) is 17.9. The van der Waals surface area contributed by atoms with Crippen molar-refractivity contribution < 1.29 is 9.47 Å². The minimum absolute atomic E-state index is 0.551. The first-order valence-electron chi connectivity index (χ1n) is 7.85. The summed E-state index contributed by atoms with van der Waals surface area (Å²) in [7, 11) is 0. The summed E-state index contributed by atoms with van der Waals surface area (Å²) in [6.07, 6.45) is 0. The monoisotopic (exact) mass is 366 g/mol. The molecule has 2 aromatic carbocycles. The van der Waals surface area contributed by atoms with Crippen LogP contribution in [0.3, 0.4) is 0 Å². The van der Waals surface area contributed by atoms with Crippen LogP contribution in [-0.2, 0) is 11.3 Å². The van der Waals surface area contributed by atoms with Crippen LogP contribution in [-0.4, -0.2) is 13.2 Å². The molecule has 0 heterocycles. The lowest BCUT2D eigenvalue weighted by atomic mass is 10.2. The van der Waals surface area contributed by atoms with Gasteiger partial charge in [0.2, 0.25) is 0 Å². The van der Waals surface area contributed by atoms with E-state index in [1.54, 1.807) is 0 Å². The highest BCUT2D eigenvalue weighted by Gasteiger charge is 1.98. The molecule has 0 radical (unpaired) electrons. The van der Waals surface area contributed by atoms with Gasteiger partial charge < -0.3 is 9.47 Å². The second-order valence-electron chi connectivity index (χ2n) is 3.82. The minimum atomic E-state index is 0.551. The van der Waals surface area contributed by atoms with Gasteiger partial charge in [-0.15, -0.1) is 0 Å². The average Bonchev–Trinajstić information content (AvgIpc) is 2.61. The maximum absolute atomic E-state index is 5.60. The Morgan fingerprint density at radius 2 is 1.36 bits per heavy atom. The van der Waals surface area contributed by atoms with Gasteiger partial charge in [-0.2, -0.15) is 0 Å². The average molecular weight is 367 g/mol. The first kappa shape index (κ1) is 20.7. The Morgan fingerprint density at radius 3 is 2.00 bits per heavy atom. The molecule has 0 aliphatic rings. The Balaban J connectivity index is 0.00000102. The Hall–Kier alpha value is -1.32. The van der Waals surface area contributed by atoms with Crippen molar-refractivity contribution in [1.82, 2.24) is 0 Å². The van der Waals surface area contributed by atoms with Crippen molar-refractivity contribution in [2.45, 2.75) is 34.3 Å². The fourth-order valence-electron chi connectivity index (χ4n) is 1.54. The van der Waals surface area contributed by atoms with Gasteiger partial charge in [-0.3, -0.25) is 0 Å². The predicted octanol–water partition coefficient (Wildman–Crippen LogP) is 6.10. The van der Waals surface area contributed by atoms with Crippen LogP contribution in [0.15, 0.2) is 59.1 Å². The number of para-hydroxylation sites is 1. The molecule has 122 valence electrons. The molecule has 0 unspecified atom stereocenters. The predicted molar refractivity (Wildman–Crippen MR) is 98.4 cm³/mol. The van der Waals surface area contributed by atoms with Crippen LogP contribution in [0.1, 0.15) is 33.3 Å². The van der Waals surface area contributed by atoms with E-state index < -0.39 is 0 Å². The summed E-state index contributed by atoms with van der Waals surface area (Å²) in [5, 5.41) is 0. The molecule has 0 aliphatic heterocycles. The maximum atomic E-state index is 5.60. The molecule has 0 aliphatic carbocycles. The van der Waals surface area contributed by atoms with E-state index in [4.69, 9.17) is 9.47 Å². The zero-order valence-electron chi connectivity index (χ0n) is 14.0. The van der Waals surface area contributed by atoms with Crippen LogP contribution in [0.25, 0.3) is 0 Å². The van der Waals surface area contributed by atoms with Crippen molar-refractivity contribution in [3.05, 3.63) is 64.6 Å². The summed E-state index contributed by atoms with van der Waals surface area (Å²) < 4.78 is 12.1. The van der Waals surface area contributed by atoms with Crippen molar-refractivity contribution in [1.29, 1.82) is 0 Å². The van der Waals surface area contributed by atoms with E-state index in [1.807, 2.05) is 70.2 Å². The van der Waals surface area contributed by atoms with Gasteiger partial charge in [-0.05, 0) is 33.6 Å². The normalized spacial score (nSPS) is 8.95. The van der Waals surface area contributed by atoms with Crippen LogP contribution in [0.4, 0.5) is 0 Å². The van der Waals surface area contributed by atoms with Gasteiger partial charge in [-0.25, -0.2) is 0 Å². The Bertz CT molecular complexity index is 472. The molecule has 3 heteroatoms. The molecule has 0 saturated heterocycles. The van der Waals surface area contributed by atoms with Gasteiger partial charge in [0.1, 0.15) is 12.4 Å². The number of hydrogen-bond acceptors (Lipinski definition) is 2. The summed E-state index contributed by atoms with van der Waals surface area (Å²) in [5.41, 5.74) is 1.18. The van der Waals surface area contributed by atoms with Gasteiger partial charge >= 0.3 is 0 Å². The van der Waals surface area contributed by atoms with Crippen LogP contribution in [0.2, 0.25) is 0 Å².